The number of rotatable bonds is 6. The number of hydrogen-bond acceptors (Lipinski definition) is 4. The molecule has 1 fully saturated rings. The van der Waals surface area contributed by atoms with Gasteiger partial charge in [0.1, 0.15) is 12.4 Å². The Labute approximate surface area is 127 Å². The van der Waals surface area contributed by atoms with E-state index in [9.17, 15) is 4.79 Å². The topological polar surface area (TPSA) is 38.8 Å². The number of hydrogen-bond donors (Lipinski definition) is 0. The molecule has 1 aromatic rings. The normalized spacial score (nSPS) is 20.8. The van der Waals surface area contributed by atoms with Crippen molar-refractivity contribution in [3.05, 3.63) is 23.8 Å². The van der Waals surface area contributed by atoms with E-state index in [-0.39, 0.29) is 12.0 Å². The predicted molar refractivity (Wildman–Crippen MR) is 83.2 cm³/mol. The summed E-state index contributed by atoms with van der Waals surface area (Å²) in [6.07, 6.45) is 3.92. The van der Waals surface area contributed by atoms with Gasteiger partial charge in [0.05, 0.1) is 7.11 Å². The van der Waals surface area contributed by atoms with E-state index in [2.05, 4.69) is 11.9 Å². The summed E-state index contributed by atoms with van der Waals surface area (Å²) in [7, 11) is 3.78. The molecule has 0 N–H and O–H groups in total. The number of nitrogens with zero attached hydrogens (tertiary/aromatic N) is 1. The Balaban J connectivity index is 2.15. The molecule has 1 aliphatic heterocycles. The van der Waals surface area contributed by atoms with E-state index in [4.69, 9.17) is 9.47 Å². The first-order valence-corrected chi connectivity index (χ1v) is 7.60. The third-order valence-electron chi connectivity index (χ3n) is 4.08. The van der Waals surface area contributed by atoms with Crippen LogP contribution in [0.25, 0.3) is 0 Å². The predicted octanol–water partition coefficient (Wildman–Crippen LogP) is 2.86. The number of benzene rings is 1. The summed E-state index contributed by atoms with van der Waals surface area (Å²) >= 11 is 0. The Morgan fingerprint density at radius 1 is 1.43 bits per heavy atom. The van der Waals surface area contributed by atoms with Crippen molar-refractivity contribution >= 4 is 6.29 Å². The Kier molecular flexibility index (Phi) is 5.62. The molecule has 2 unspecified atom stereocenters. The van der Waals surface area contributed by atoms with Crippen LogP contribution < -0.4 is 9.47 Å². The van der Waals surface area contributed by atoms with Crippen LogP contribution in [0.3, 0.4) is 0 Å². The van der Waals surface area contributed by atoms with Gasteiger partial charge in [-0.15, -0.1) is 0 Å². The monoisotopic (exact) mass is 291 g/mol. The molecular weight excluding hydrogens is 266 g/mol. The van der Waals surface area contributed by atoms with Crippen LogP contribution in [0.15, 0.2) is 18.2 Å². The summed E-state index contributed by atoms with van der Waals surface area (Å²) in [6, 6.07) is 5.95. The molecule has 2 atom stereocenters. The van der Waals surface area contributed by atoms with Gasteiger partial charge in [-0.3, -0.25) is 0 Å². The zero-order valence-electron chi connectivity index (χ0n) is 13.2. The highest BCUT2D eigenvalue weighted by molar-refractivity contribution is 5.52. The van der Waals surface area contributed by atoms with Crippen molar-refractivity contribution in [2.45, 2.75) is 38.2 Å². The maximum absolute atomic E-state index is 10.7. The number of carbonyl (C=O) groups excluding carboxylic acids is 1. The van der Waals surface area contributed by atoms with E-state index in [1.807, 2.05) is 25.1 Å². The summed E-state index contributed by atoms with van der Waals surface area (Å²) in [5, 5.41) is 0. The summed E-state index contributed by atoms with van der Waals surface area (Å²) in [5.74, 6) is 1.74. The minimum Gasteiger partial charge on any atom is -0.493 e. The first-order valence-electron chi connectivity index (χ1n) is 7.60. The maximum Gasteiger partial charge on any atom is 0.161 e. The lowest BCUT2D eigenvalue weighted by Gasteiger charge is -2.30. The summed E-state index contributed by atoms with van der Waals surface area (Å²) in [4.78, 5) is 13.0. The number of likely N-dealkylation sites (N-methyl/N-ethyl adjacent to an activating group) is 1. The second-order valence-corrected chi connectivity index (χ2v) is 5.86. The fourth-order valence-corrected chi connectivity index (χ4v) is 2.77. The third-order valence-corrected chi connectivity index (χ3v) is 4.08. The van der Waals surface area contributed by atoms with Gasteiger partial charge in [-0.05, 0) is 50.0 Å². The van der Waals surface area contributed by atoms with Crippen molar-refractivity contribution in [2.75, 3.05) is 27.2 Å². The lowest BCUT2D eigenvalue weighted by Crippen LogP contribution is -2.38. The van der Waals surface area contributed by atoms with Crippen molar-refractivity contribution in [1.82, 2.24) is 4.90 Å². The molecule has 116 valence electrons. The molecule has 0 radical (unpaired) electrons. The lowest BCUT2D eigenvalue weighted by molar-refractivity contribution is -0.108. The molecule has 1 aliphatic rings. The molecule has 1 aromatic carbocycles. The standard InChI is InChI=1S/C17H25NO3/c1-13(8-10-19)14-6-7-16(20-3)17(11-14)21-15-5-4-9-18(2)12-15/h6-7,10-11,13,15H,4-5,8-9,12H2,1-3H3. The van der Waals surface area contributed by atoms with Gasteiger partial charge in [0.15, 0.2) is 11.5 Å². The van der Waals surface area contributed by atoms with Gasteiger partial charge >= 0.3 is 0 Å². The molecule has 0 amide bonds. The van der Waals surface area contributed by atoms with Crippen molar-refractivity contribution < 1.29 is 14.3 Å². The van der Waals surface area contributed by atoms with Crippen LogP contribution in [0.5, 0.6) is 11.5 Å². The second-order valence-electron chi connectivity index (χ2n) is 5.86. The number of likely N-dealkylation sites (tertiary alicyclic amines) is 1. The number of piperidine rings is 1. The molecule has 2 rings (SSSR count). The first-order chi connectivity index (χ1) is 10.1. The molecule has 0 spiro atoms. The molecule has 4 nitrogen and oxygen atoms in total. The van der Waals surface area contributed by atoms with Crippen LogP contribution in [-0.4, -0.2) is 44.5 Å². The minimum absolute atomic E-state index is 0.199. The Morgan fingerprint density at radius 3 is 2.90 bits per heavy atom. The Morgan fingerprint density at radius 2 is 2.24 bits per heavy atom. The third kappa shape index (κ3) is 4.21. The SMILES string of the molecule is COc1ccc(C(C)CC=O)cc1OC1CCCN(C)C1. The quantitative estimate of drug-likeness (QED) is 0.756. The zero-order chi connectivity index (χ0) is 15.2. The van der Waals surface area contributed by atoms with E-state index < -0.39 is 0 Å². The Hall–Kier alpha value is -1.55. The fourth-order valence-electron chi connectivity index (χ4n) is 2.77. The van der Waals surface area contributed by atoms with Gasteiger partial charge in [-0.2, -0.15) is 0 Å². The van der Waals surface area contributed by atoms with E-state index in [1.165, 1.54) is 0 Å². The Bertz CT molecular complexity index is 475. The lowest BCUT2D eigenvalue weighted by atomic mass is 9.98. The van der Waals surface area contributed by atoms with Crippen LogP contribution in [0.4, 0.5) is 0 Å². The van der Waals surface area contributed by atoms with Gasteiger partial charge in [-0.1, -0.05) is 13.0 Å². The summed E-state index contributed by atoms with van der Waals surface area (Å²) < 4.78 is 11.6. The number of aldehydes is 1. The molecule has 1 saturated heterocycles. The molecule has 0 bridgehead atoms. The van der Waals surface area contributed by atoms with Crippen molar-refractivity contribution in [3.8, 4) is 11.5 Å². The first kappa shape index (κ1) is 15.8. The maximum atomic E-state index is 10.7. The second kappa shape index (κ2) is 7.46. The fraction of sp³-hybridized carbons (Fsp3) is 0.588. The average Bonchev–Trinajstić information content (AvgIpc) is 2.47. The molecule has 0 saturated carbocycles. The number of ether oxygens (including phenoxy) is 2. The molecule has 0 aliphatic carbocycles. The highest BCUT2D eigenvalue weighted by Crippen LogP contribution is 2.33. The van der Waals surface area contributed by atoms with E-state index >= 15 is 0 Å². The smallest absolute Gasteiger partial charge is 0.161 e. The highest BCUT2D eigenvalue weighted by Gasteiger charge is 2.20. The van der Waals surface area contributed by atoms with E-state index in [1.54, 1.807) is 7.11 Å². The largest absolute Gasteiger partial charge is 0.493 e. The average molecular weight is 291 g/mol. The summed E-state index contributed by atoms with van der Waals surface area (Å²) in [6.45, 7) is 4.12. The minimum atomic E-state index is 0.199. The van der Waals surface area contributed by atoms with Gasteiger partial charge in [-0.25, -0.2) is 0 Å². The van der Waals surface area contributed by atoms with Crippen LogP contribution in [-0.2, 0) is 4.79 Å². The van der Waals surface area contributed by atoms with Gasteiger partial charge in [0, 0.05) is 13.0 Å². The van der Waals surface area contributed by atoms with Crippen molar-refractivity contribution in [2.24, 2.45) is 0 Å². The summed E-state index contributed by atoms with van der Waals surface area (Å²) in [5.41, 5.74) is 1.11. The van der Waals surface area contributed by atoms with E-state index in [0.717, 1.165) is 49.3 Å². The molecular formula is C17H25NO3. The number of carbonyl (C=O) groups is 1. The van der Waals surface area contributed by atoms with Crippen LogP contribution in [0, 0.1) is 0 Å². The zero-order valence-corrected chi connectivity index (χ0v) is 13.2. The van der Waals surface area contributed by atoms with Crippen LogP contribution in [0.2, 0.25) is 0 Å². The molecule has 21 heavy (non-hydrogen) atoms. The van der Waals surface area contributed by atoms with Crippen molar-refractivity contribution in [3.63, 3.8) is 0 Å². The molecule has 4 heteroatoms. The molecule has 0 aromatic heterocycles. The molecule has 1 heterocycles. The highest BCUT2D eigenvalue weighted by atomic mass is 16.5. The van der Waals surface area contributed by atoms with Gasteiger partial charge < -0.3 is 19.2 Å². The van der Waals surface area contributed by atoms with Crippen LogP contribution >= 0.6 is 0 Å². The van der Waals surface area contributed by atoms with Crippen LogP contribution in [0.1, 0.15) is 37.7 Å². The van der Waals surface area contributed by atoms with E-state index in [0.29, 0.717) is 6.42 Å². The van der Waals surface area contributed by atoms with Gasteiger partial charge in [0.25, 0.3) is 0 Å². The van der Waals surface area contributed by atoms with Gasteiger partial charge in [0.2, 0.25) is 0 Å². The number of methoxy groups -OCH3 is 1. The van der Waals surface area contributed by atoms with Crippen molar-refractivity contribution in [1.29, 1.82) is 0 Å².